The van der Waals surface area contributed by atoms with Crippen LogP contribution in [0.2, 0.25) is 0 Å². The van der Waals surface area contributed by atoms with E-state index < -0.39 is 74.3 Å². The molecule has 2 aromatic carbocycles. The third kappa shape index (κ3) is 10.6. The number of rotatable bonds is 18. The third-order valence-corrected chi connectivity index (χ3v) is 15.4. The van der Waals surface area contributed by atoms with Crippen LogP contribution < -0.4 is 0 Å². The molecule has 10 atom stereocenters. The highest BCUT2D eigenvalue weighted by Crippen LogP contribution is 2.46. The molecule has 2 fully saturated rings. The highest BCUT2D eigenvalue weighted by atomic mass is 16.6. The van der Waals surface area contributed by atoms with Gasteiger partial charge in [-0.15, -0.1) is 0 Å². The summed E-state index contributed by atoms with van der Waals surface area (Å²) in [6, 6.07) is 17.9. The minimum Gasteiger partial charge on any atom is -0.394 e. The van der Waals surface area contributed by atoms with Crippen molar-refractivity contribution in [3.63, 3.8) is 0 Å². The lowest BCUT2D eigenvalue weighted by atomic mass is 9.83. The molecule has 16 nitrogen and oxygen atoms in total. The summed E-state index contributed by atoms with van der Waals surface area (Å²) in [6.45, 7) is 5.73. The molecule has 8 bridgehead atoms. The number of aliphatic hydroxyl groups excluding tert-OH is 8. The first-order valence-electron chi connectivity index (χ1n) is 26.7. The summed E-state index contributed by atoms with van der Waals surface area (Å²) >= 11 is 0. The number of hydrogen-bond acceptors (Lipinski definition) is 14. The van der Waals surface area contributed by atoms with Gasteiger partial charge in [-0.3, -0.25) is 9.59 Å². The molecule has 0 aliphatic carbocycles. The lowest BCUT2D eigenvalue weighted by Gasteiger charge is -2.41. The molecule has 0 saturated carbocycles. The number of carbonyl (C=O) groups excluding carboxylic acids is 2. The summed E-state index contributed by atoms with van der Waals surface area (Å²) in [5.41, 5.74) is 9.50. The smallest absolute Gasteiger partial charge is 0.160 e. The van der Waals surface area contributed by atoms with Crippen LogP contribution in [0.25, 0.3) is 68.6 Å². The average Bonchev–Trinajstić information content (AvgIpc) is 4.30. The van der Waals surface area contributed by atoms with E-state index >= 15 is 0 Å². The summed E-state index contributed by atoms with van der Waals surface area (Å²) in [4.78, 5) is 45.7. The number of Topliss-reactive ketones (excluding diaryl/α,β-unsaturated/α-hetero) is 2. The number of aromatic nitrogens is 4. The molecule has 9 rings (SSSR count). The zero-order valence-electron chi connectivity index (χ0n) is 43.4. The Labute approximate surface area is 441 Å². The molecular formula is C60H70N4O12. The fraction of sp³-hybridized carbons (Fsp3) is 0.433. The summed E-state index contributed by atoms with van der Waals surface area (Å²) in [5.74, 6) is -0.755. The van der Waals surface area contributed by atoms with Crippen LogP contribution in [-0.4, -0.2) is 134 Å². The van der Waals surface area contributed by atoms with Gasteiger partial charge in [0.15, 0.2) is 11.6 Å². The zero-order valence-corrected chi connectivity index (χ0v) is 43.4. The number of unbranched alkanes of at least 4 members (excludes halogenated alkanes) is 6. The molecule has 0 spiro atoms. The van der Waals surface area contributed by atoms with Crippen molar-refractivity contribution in [1.29, 1.82) is 0 Å². The first-order valence-corrected chi connectivity index (χ1v) is 26.7. The quantitative estimate of drug-likeness (QED) is 0.0292. The summed E-state index contributed by atoms with van der Waals surface area (Å²) in [6.07, 6.45) is 1.58. The molecule has 76 heavy (non-hydrogen) atoms. The van der Waals surface area contributed by atoms with Crippen LogP contribution in [0, 0.1) is 0 Å². The van der Waals surface area contributed by atoms with Crippen LogP contribution in [0.15, 0.2) is 60.7 Å². The topological polar surface area (TPSA) is 272 Å². The number of aromatic amines is 2. The lowest BCUT2D eigenvalue weighted by Crippen LogP contribution is -2.55. The van der Waals surface area contributed by atoms with Crippen LogP contribution in [0.4, 0.5) is 0 Å². The number of carbonyl (C=O) groups is 2. The number of ether oxygens (including phenoxy) is 2. The molecular weight excluding hydrogens is 969 g/mol. The van der Waals surface area contributed by atoms with Gasteiger partial charge >= 0.3 is 0 Å². The standard InChI is InChI=1S/C60H70N4O12/c1-5-7-9-11-15-35-39-21-22-40(61-39)36(16-12-10-8-6-2)42-24-26-44(63-42)52(38-20-14-18-34(32(4)68)50(38)60-58(74)56(72)54(70)48(30-66)76-60)46-28-27-45(64-46)51(43-25-23-41(35)62-43)37-19-13-17-33(31(3)67)49(37)59-57(73)55(71)53(69)47(29-65)75-59/h13-14,17-28,47-48,53-60,62-63,65-66,69-74H,5-12,15-16,29-30H2,1-4H3/t47-,48-,53-,54-,55+,56+,57-,58-,59?,60?/m1/s1. The number of nitrogens with zero attached hydrogens (tertiary/aromatic N) is 2. The van der Waals surface area contributed by atoms with Gasteiger partial charge in [0.25, 0.3) is 0 Å². The van der Waals surface area contributed by atoms with E-state index in [0.717, 1.165) is 84.9 Å². The van der Waals surface area contributed by atoms with Gasteiger partial charge in [0.1, 0.15) is 61.0 Å². The maximum Gasteiger partial charge on any atom is 0.160 e. The second kappa shape index (κ2) is 23.7. The molecule has 4 aliphatic heterocycles. The number of hydrogen-bond donors (Lipinski definition) is 10. The second-order valence-corrected chi connectivity index (χ2v) is 20.5. The highest BCUT2D eigenvalue weighted by Gasteiger charge is 2.47. The maximum absolute atomic E-state index is 13.7. The predicted octanol–water partition coefficient (Wildman–Crippen LogP) is 7.67. The number of fused-ring (bicyclic) bond motifs is 8. The lowest BCUT2D eigenvalue weighted by molar-refractivity contribution is -0.231. The number of aryl methyl sites for hydroxylation is 2. The fourth-order valence-electron chi connectivity index (χ4n) is 11.3. The highest BCUT2D eigenvalue weighted by molar-refractivity contribution is 6.03. The van der Waals surface area contributed by atoms with Crippen molar-refractivity contribution in [2.45, 2.75) is 153 Å². The molecule has 16 heteroatoms. The minimum atomic E-state index is -1.75. The normalized spacial score (nSPS) is 24.3. The zero-order chi connectivity index (χ0) is 53.9. The van der Waals surface area contributed by atoms with E-state index in [1.54, 1.807) is 48.6 Å². The van der Waals surface area contributed by atoms with Crippen molar-refractivity contribution in [3.05, 3.63) is 117 Å². The average molecular weight is 1040 g/mol. The van der Waals surface area contributed by atoms with Crippen LogP contribution in [0.1, 0.15) is 157 Å². The molecule has 2 saturated heterocycles. The van der Waals surface area contributed by atoms with E-state index in [9.17, 15) is 50.4 Å². The van der Waals surface area contributed by atoms with Gasteiger partial charge < -0.3 is 60.3 Å². The molecule has 2 unspecified atom stereocenters. The fourth-order valence-corrected chi connectivity index (χ4v) is 11.3. The first kappa shape index (κ1) is 54.8. The van der Waals surface area contributed by atoms with Crippen molar-refractivity contribution in [1.82, 2.24) is 19.9 Å². The number of benzene rings is 2. The largest absolute Gasteiger partial charge is 0.394 e. The van der Waals surface area contributed by atoms with Gasteiger partial charge in [0, 0.05) is 66.6 Å². The summed E-state index contributed by atoms with van der Waals surface area (Å²) in [5, 5.41) is 88.4. The van der Waals surface area contributed by atoms with Crippen molar-refractivity contribution in [2.75, 3.05) is 13.2 Å². The van der Waals surface area contributed by atoms with Crippen molar-refractivity contribution in [2.24, 2.45) is 0 Å². The number of aliphatic hydroxyl groups is 8. The van der Waals surface area contributed by atoms with Gasteiger partial charge in [-0.05, 0) is 99.2 Å². The van der Waals surface area contributed by atoms with Gasteiger partial charge in [-0.25, -0.2) is 9.97 Å². The second-order valence-electron chi connectivity index (χ2n) is 20.5. The SMILES string of the molecule is CCCCCCc1c2nc(c(CCCCCC)c3ccc([nH]3)c(-c3cccc(C(C)=O)c3C3O[C@H](CO)[C@@H](O)[C@H](O)[C@H]3O)c3nc(c(-c4cccc(C(C)=O)c4C4O[C@H](CO)[C@@H](O)[C@H](O)[C@H]4O)c4ccc1[nH]4)C=C3)C=C2. The van der Waals surface area contributed by atoms with Gasteiger partial charge in [-0.1, -0.05) is 88.8 Å². The monoisotopic (exact) mass is 1040 g/mol. The van der Waals surface area contributed by atoms with E-state index in [4.69, 9.17) is 19.4 Å². The number of H-pyrrole nitrogens is 2. The Kier molecular flexibility index (Phi) is 17.1. The summed E-state index contributed by atoms with van der Waals surface area (Å²) in [7, 11) is 0. The molecule has 3 aromatic heterocycles. The van der Waals surface area contributed by atoms with Gasteiger partial charge in [-0.2, -0.15) is 0 Å². The van der Waals surface area contributed by atoms with E-state index in [1.165, 1.54) is 13.8 Å². The molecule has 5 aromatic rings. The Morgan fingerprint density at radius 2 is 0.868 bits per heavy atom. The van der Waals surface area contributed by atoms with Crippen LogP contribution in [0.5, 0.6) is 0 Å². The van der Waals surface area contributed by atoms with Crippen molar-refractivity contribution in [3.8, 4) is 22.3 Å². The van der Waals surface area contributed by atoms with Crippen LogP contribution in [-0.2, 0) is 22.3 Å². The Hall–Kier alpha value is -6.02. The Balaban J connectivity index is 1.43. The molecule has 10 N–H and O–H groups in total. The summed E-state index contributed by atoms with van der Waals surface area (Å²) < 4.78 is 12.5. The van der Waals surface area contributed by atoms with Crippen molar-refractivity contribution < 1.29 is 59.9 Å². The minimum absolute atomic E-state index is 0.162. The molecule has 4 aliphatic rings. The van der Waals surface area contributed by atoms with E-state index in [1.807, 2.05) is 24.3 Å². The van der Waals surface area contributed by atoms with Gasteiger partial charge in [0.2, 0.25) is 0 Å². The number of ketones is 2. The Morgan fingerprint density at radius 1 is 0.487 bits per heavy atom. The Morgan fingerprint density at radius 3 is 1.25 bits per heavy atom. The molecule has 0 radical (unpaired) electrons. The predicted molar refractivity (Wildman–Crippen MR) is 291 cm³/mol. The number of nitrogens with one attached hydrogen (secondary N) is 2. The van der Waals surface area contributed by atoms with E-state index in [2.05, 4.69) is 36.0 Å². The van der Waals surface area contributed by atoms with Crippen LogP contribution >= 0.6 is 0 Å². The van der Waals surface area contributed by atoms with E-state index in [-0.39, 0.29) is 33.8 Å². The Bertz CT molecular complexity index is 2990. The van der Waals surface area contributed by atoms with Crippen LogP contribution in [0.3, 0.4) is 0 Å². The molecule has 0 amide bonds. The maximum atomic E-state index is 13.7. The molecule has 7 heterocycles. The first-order chi connectivity index (χ1) is 36.7. The van der Waals surface area contributed by atoms with E-state index in [0.29, 0.717) is 57.5 Å². The van der Waals surface area contributed by atoms with Crippen molar-refractivity contribution >= 4 is 57.9 Å². The third-order valence-electron chi connectivity index (χ3n) is 15.4. The van der Waals surface area contributed by atoms with Gasteiger partial charge in [0.05, 0.1) is 36.0 Å². The molecule has 402 valence electrons.